The molecule has 3 aromatic rings. The molecule has 0 aromatic heterocycles. The highest BCUT2D eigenvalue weighted by Gasteiger charge is 2.15. The van der Waals surface area contributed by atoms with Gasteiger partial charge < -0.3 is 0 Å². The van der Waals surface area contributed by atoms with E-state index in [2.05, 4.69) is 15.6 Å². The molecule has 0 saturated heterocycles. The van der Waals surface area contributed by atoms with E-state index in [1.54, 1.807) is 24.3 Å². The van der Waals surface area contributed by atoms with Gasteiger partial charge in [0.15, 0.2) is 0 Å². The molecular weight excluding hydrogens is 446 g/mol. The molecule has 32 heavy (non-hydrogen) atoms. The smallest absolute Gasteiger partial charge is 0.269 e. The number of amides is 2. The molecule has 9 heteroatoms. The maximum absolute atomic E-state index is 12.5. The maximum atomic E-state index is 12.5. The predicted molar refractivity (Wildman–Crippen MR) is 126 cm³/mol. The number of anilines is 1. The first kappa shape index (κ1) is 23.4. The van der Waals surface area contributed by atoms with Crippen LogP contribution in [0.3, 0.4) is 0 Å². The fourth-order valence-corrected chi connectivity index (χ4v) is 4.42. The van der Waals surface area contributed by atoms with Crippen molar-refractivity contribution in [2.24, 2.45) is 0 Å². The van der Waals surface area contributed by atoms with E-state index in [1.807, 2.05) is 38.1 Å². The summed E-state index contributed by atoms with van der Waals surface area (Å²) < 4.78 is 27.5. The molecule has 0 atom stereocenters. The third kappa shape index (κ3) is 6.60. The minimum Gasteiger partial charge on any atom is -0.280 e. The fraction of sp³-hybridized carbons (Fsp3) is 0.130. The number of sulfonamides is 1. The van der Waals surface area contributed by atoms with Crippen LogP contribution < -0.4 is 15.6 Å². The molecule has 0 saturated carbocycles. The predicted octanol–water partition coefficient (Wildman–Crippen LogP) is 3.66. The molecule has 0 radical (unpaired) electrons. The third-order valence-electron chi connectivity index (χ3n) is 4.41. The lowest BCUT2D eigenvalue weighted by molar-refractivity contribution is -0.119. The minimum absolute atomic E-state index is 0.122. The summed E-state index contributed by atoms with van der Waals surface area (Å²) in [4.78, 5) is 25.5. The number of carbonyl (C=O) groups excluding carboxylic acids is 2. The zero-order valence-corrected chi connectivity index (χ0v) is 19.2. The summed E-state index contributed by atoms with van der Waals surface area (Å²) in [5.41, 5.74) is 7.22. The number of hydrazine groups is 1. The van der Waals surface area contributed by atoms with Crippen molar-refractivity contribution >= 4 is 39.3 Å². The summed E-state index contributed by atoms with van der Waals surface area (Å²) in [7, 11) is -3.79. The molecule has 0 fully saturated rings. The van der Waals surface area contributed by atoms with Crippen LogP contribution >= 0.6 is 11.8 Å². The highest BCUT2D eigenvalue weighted by atomic mass is 32.2. The van der Waals surface area contributed by atoms with Gasteiger partial charge in [0.1, 0.15) is 0 Å². The Balaban J connectivity index is 1.55. The molecule has 0 heterocycles. The number of hydrogen-bond donors (Lipinski definition) is 3. The normalized spacial score (nSPS) is 10.9. The van der Waals surface area contributed by atoms with E-state index in [0.29, 0.717) is 0 Å². The molecule has 2 amide bonds. The number of thioether (sulfide) groups is 1. The standard InChI is InChI=1S/C23H23N3O4S2/c1-16-6-10-20(11-7-16)31-15-22(27)24-25-23(28)18-4-3-5-19(14-18)26-32(29,30)21-12-8-17(2)9-13-21/h3-14,26H,15H2,1-2H3,(H,24,27)(H,25,28). The lowest BCUT2D eigenvalue weighted by Gasteiger charge is -2.11. The zero-order chi connectivity index (χ0) is 23.1. The topological polar surface area (TPSA) is 104 Å². The number of benzene rings is 3. The monoisotopic (exact) mass is 469 g/mol. The molecular formula is C23H23N3O4S2. The van der Waals surface area contributed by atoms with Crippen molar-refractivity contribution in [3.8, 4) is 0 Å². The van der Waals surface area contributed by atoms with Crippen molar-refractivity contribution in [2.45, 2.75) is 23.6 Å². The van der Waals surface area contributed by atoms with Gasteiger partial charge in [-0.3, -0.25) is 25.2 Å². The van der Waals surface area contributed by atoms with E-state index in [0.717, 1.165) is 16.0 Å². The Hall–Kier alpha value is -3.30. The molecule has 0 aliphatic heterocycles. The number of hydrogen-bond acceptors (Lipinski definition) is 5. The first-order chi connectivity index (χ1) is 15.2. The van der Waals surface area contributed by atoms with Crippen LogP contribution in [0.4, 0.5) is 5.69 Å². The largest absolute Gasteiger partial charge is 0.280 e. The summed E-state index contributed by atoms with van der Waals surface area (Å²) in [6.07, 6.45) is 0. The maximum Gasteiger partial charge on any atom is 0.269 e. The number of carbonyl (C=O) groups is 2. The molecule has 3 rings (SSSR count). The Morgan fingerprint density at radius 3 is 2.12 bits per heavy atom. The van der Waals surface area contributed by atoms with E-state index in [-0.39, 0.29) is 27.8 Å². The molecule has 3 aromatic carbocycles. The zero-order valence-electron chi connectivity index (χ0n) is 17.6. The second-order valence-corrected chi connectivity index (χ2v) is 9.83. The Bertz CT molecular complexity index is 1210. The molecule has 0 spiro atoms. The Morgan fingerprint density at radius 2 is 1.47 bits per heavy atom. The highest BCUT2D eigenvalue weighted by Crippen LogP contribution is 2.19. The van der Waals surface area contributed by atoms with Crippen LogP contribution in [0.25, 0.3) is 0 Å². The van der Waals surface area contributed by atoms with Crippen LogP contribution in [0.2, 0.25) is 0 Å². The van der Waals surface area contributed by atoms with Gasteiger partial charge in [-0.15, -0.1) is 11.8 Å². The quantitative estimate of drug-likeness (QED) is 0.362. The van der Waals surface area contributed by atoms with Crippen molar-refractivity contribution in [2.75, 3.05) is 10.5 Å². The Kier molecular flexibility index (Phi) is 7.55. The molecule has 166 valence electrons. The highest BCUT2D eigenvalue weighted by molar-refractivity contribution is 8.00. The molecule has 0 aliphatic carbocycles. The molecule has 0 aliphatic rings. The summed E-state index contributed by atoms with van der Waals surface area (Å²) in [6.45, 7) is 3.85. The minimum atomic E-state index is -3.79. The summed E-state index contributed by atoms with van der Waals surface area (Å²) in [5.74, 6) is -0.782. The van der Waals surface area contributed by atoms with Gasteiger partial charge in [-0.05, 0) is 56.3 Å². The average molecular weight is 470 g/mol. The third-order valence-corrected chi connectivity index (χ3v) is 6.82. The lowest BCUT2D eigenvalue weighted by Crippen LogP contribution is -2.42. The first-order valence-electron chi connectivity index (χ1n) is 9.71. The summed E-state index contributed by atoms with van der Waals surface area (Å²) in [5, 5.41) is 0. The van der Waals surface area contributed by atoms with Crippen molar-refractivity contribution in [3.63, 3.8) is 0 Å². The molecule has 0 bridgehead atoms. The van der Waals surface area contributed by atoms with E-state index in [4.69, 9.17) is 0 Å². The Labute approximate surface area is 191 Å². The van der Waals surface area contributed by atoms with Crippen LogP contribution in [0.15, 0.2) is 82.6 Å². The van der Waals surface area contributed by atoms with Crippen LogP contribution in [-0.2, 0) is 14.8 Å². The van der Waals surface area contributed by atoms with Gasteiger partial charge >= 0.3 is 0 Å². The van der Waals surface area contributed by atoms with Gasteiger partial charge in [-0.25, -0.2) is 8.42 Å². The van der Waals surface area contributed by atoms with Crippen molar-refractivity contribution < 1.29 is 18.0 Å². The molecule has 0 unspecified atom stereocenters. The van der Waals surface area contributed by atoms with E-state index in [1.165, 1.54) is 36.0 Å². The SMILES string of the molecule is Cc1ccc(SCC(=O)NNC(=O)c2cccc(NS(=O)(=O)c3ccc(C)cc3)c2)cc1. The van der Waals surface area contributed by atoms with Gasteiger partial charge in [0.05, 0.1) is 10.6 Å². The number of aryl methyl sites for hydroxylation is 2. The second kappa shape index (κ2) is 10.3. The van der Waals surface area contributed by atoms with Crippen molar-refractivity contribution in [1.82, 2.24) is 10.9 Å². The van der Waals surface area contributed by atoms with Crippen LogP contribution in [0, 0.1) is 13.8 Å². The van der Waals surface area contributed by atoms with Crippen LogP contribution in [-0.4, -0.2) is 26.0 Å². The van der Waals surface area contributed by atoms with Gasteiger partial charge in [0.2, 0.25) is 5.91 Å². The fourth-order valence-electron chi connectivity index (χ4n) is 2.67. The van der Waals surface area contributed by atoms with E-state index in [9.17, 15) is 18.0 Å². The van der Waals surface area contributed by atoms with Crippen LogP contribution in [0.5, 0.6) is 0 Å². The van der Waals surface area contributed by atoms with Gasteiger partial charge in [-0.2, -0.15) is 0 Å². The summed E-state index contributed by atoms with van der Waals surface area (Å²) >= 11 is 1.35. The van der Waals surface area contributed by atoms with Gasteiger partial charge in [0, 0.05) is 16.1 Å². The molecule has 7 nitrogen and oxygen atoms in total. The first-order valence-corrected chi connectivity index (χ1v) is 12.2. The van der Waals surface area contributed by atoms with Crippen molar-refractivity contribution in [1.29, 1.82) is 0 Å². The van der Waals surface area contributed by atoms with Gasteiger partial charge in [0.25, 0.3) is 15.9 Å². The second-order valence-electron chi connectivity index (χ2n) is 7.10. The average Bonchev–Trinajstić information content (AvgIpc) is 2.77. The molecule has 3 N–H and O–H groups in total. The van der Waals surface area contributed by atoms with Gasteiger partial charge in [-0.1, -0.05) is 41.5 Å². The van der Waals surface area contributed by atoms with Crippen LogP contribution in [0.1, 0.15) is 21.5 Å². The van der Waals surface area contributed by atoms with Crippen molar-refractivity contribution in [3.05, 3.63) is 89.5 Å². The van der Waals surface area contributed by atoms with E-state index < -0.39 is 15.9 Å². The summed E-state index contributed by atoms with van der Waals surface area (Å²) in [6, 6.07) is 20.2. The number of nitrogens with one attached hydrogen (secondary N) is 3. The van der Waals surface area contributed by atoms with E-state index >= 15 is 0 Å². The lowest BCUT2D eigenvalue weighted by atomic mass is 10.2. The number of rotatable bonds is 7. The Morgan fingerprint density at radius 1 is 0.844 bits per heavy atom.